The highest BCUT2D eigenvalue weighted by Gasteiger charge is 2.32. The number of likely N-dealkylation sites (N-methyl/N-ethyl adjacent to an activating group) is 1. The predicted octanol–water partition coefficient (Wildman–Crippen LogP) is 2.84. The van der Waals surface area contributed by atoms with Crippen molar-refractivity contribution in [3.63, 3.8) is 0 Å². The summed E-state index contributed by atoms with van der Waals surface area (Å²) in [6.07, 6.45) is 1.60. The number of hydrogen-bond acceptors (Lipinski definition) is 5. The van der Waals surface area contributed by atoms with Gasteiger partial charge in [0.25, 0.3) is 0 Å². The number of hydrogen-bond donors (Lipinski definition) is 0. The first kappa shape index (κ1) is 21.5. The maximum Gasteiger partial charge on any atom is 0.310 e. The van der Waals surface area contributed by atoms with Crippen LogP contribution in [0.15, 0.2) is 24.3 Å². The number of amides is 1. The van der Waals surface area contributed by atoms with Crippen LogP contribution in [0.25, 0.3) is 0 Å². The number of piperidine rings is 1. The zero-order chi connectivity index (χ0) is 19.8. The minimum Gasteiger partial charge on any atom is -0.492 e. The van der Waals surface area contributed by atoms with E-state index in [0.717, 1.165) is 12.8 Å². The van der Waals surface area contributed by atoms with Gasteiger partial charge in [-0.1, -0.05) is 17.7 Å². The maximum absolute atomic E-state index is 12.8. The van der Waals surface area contributed by atoms with Crippen molar-refractivity contribution < 1.29 is 19.1 Å². The predicted molar refractivity (Wildman–Crippen MR) is 105 cm³/mol. The van der Waals surface area contributed by atoms with Crippen molar-refractivity contribution in [2.75, 3.05) is 39.9 Å². The monoisotopic (exact) mass is 396 g/mol. The number of carbonyl (C=O) groups excluding carboxylic acids is 2. The zero-order valence-electron chi connectivity index (χ0n) is 16.3. The fraction of sp³-hybridized carbons (Fsp3) is 0.600. The van der Waals surface area contributed by atoms with E-state index in [4.69, 9.17) is 21.1 Å². The Labute approximate surface area is 166 Å². The average Bonchev–Trinajstić information content (AvgIpc) is 2.67. The van der Waals surface area contributed by atoms with Gasteiger partial charge in [0.05, 0.1) is 18.6 Å². The van der Waals surface area contributed by atoms with Crippen LogP contribution < -0.4 is 4.74 Å². The standard InChI is InChI=1S/C20H29ClN2O4/c1-4-26-20(25)16-7-6-10-23(14-16)19(24)15(2)22(3)11-12-27-18-9-5-8-17(21)13-18/h5,8-9,13,15-16H,4,6-7,10-12,14H2,1-3H3. The quantitative estimate of drug-likeness (QED) is 0.632. The van der Waals surface area contributed by atoms with Crippen molar-refractivity contribution in [1.29, 1.82) is 0 Å². The molecule has 1 aromatic carbocycles. The molecule has 1 heterocycles. The van der Waals surface area contributed by atoms with E-state index in [1.54, 1.807) is 24.0 Å². The Balaban J connectivity index is 1.81. The van der Waals surface area contributed by atoms with Gasteiger partial charge in [-0.2, -0.15) is 0 Å². The number of rotatable bonds is 8. The lowest BCUT2D eigenvalue weighted by Crippen LogP contribution is -2.50. The molecule has 0 bridgehead atoms. The van der Waals surface area contributed by atoms with E-state index in [2.05, 4.69) is 0 Å². The highest BCUT2D eigenvalue weighted by molar-refractivity contribution is 6.30. The van der Waals surface area contributed by atoms with Gasteiger partial charge >= 0.3 is 5.97 Å². The van der Waals surface area contributed by atoms with Crippen molar-refractivity contribution in [2.45, 2.75) is 32.7 Å². The molecule has 0 saturated carbocycles. The number of ether oxygens (including phenoxy) is 2. The number of benzene rings is 1. The Morgan fingerprint density at radius 1 is 1.41 bits per heavy atom. The summed E-state index contributed by atoms with van der Waals surface area (Å²) >= 11 is 5.94. The summed E-state index contributed by atoms with van der Waals surface area (Å²) in [7, 11) is 1.90. The molecule has 1 fully saturated rings. The first-order valence-electron chi connectivity index (χ1n) is 9.46. The molecule has 2 atom stereocenters. The molecule has 1 aromatic rings. The second-order valence-corrected chi connectivity index (χ2v) is 7.27. The zero-order valence-corrected chi connectivity index (χ0v) is 17.1. The molecule has 0 spiro atoms. The van der Waals surface area contributed by atoms with Gasteiger partial charge in [0, 0.05) is 24.7 Å². The van der Waals surface area contributed by atoms with Crippen molar-refractivity contribution in [2.24, 2.45) is 5.92 Å². The highest BCUT2D eigenvalue weighted by Crippen LogP contribution is 2.20. The van der Waals surface area contributed by atoms with Crippen LogP contribution in [-0.4, -0.2) is 67.6 Å². The van der Waals surface area contributed by atoms with Crippen molar-refractivity contribution >= 4 is 23.5 Å². The summed E-state index contributed by atoms with van der Waals surface area (Å²) < 4.78 is 10.8. The number of halogens is 1. The Morgan fingerprint density at radius 3 is 2.89 bits per heavy atom. The van der Waals surface area contributed by atoms with E-state index in [0.29, 0.717) is 43.6 Å². The third kappa shape index (κ3) is 6.40. The number of nitrogens with zero attached hydrogens (tertiary/aromatic N) is 2. The maximum atomic E-state index is 12.8. The van der Waals surface area contributed by atoms with Crippen LogP contribution >= 0.6 is 11.6 Å². The Kier molecular flexibility index (Phi) is 8.38. The molecule has 0 aliphatic carbocycles. The average molecular weight is 397 g/mol. The molecule has 27 heavy (non-hydrogen) atoms. The van der Waals surface area contributed by atoms with Gasteiger partial charge in [0.2, 0.25) is 5.91 Å². The summed E-state index contributed by atoms with van der Waals surface area (Å²) in [4.78, 5) is 28.5. The smallest absolute Gasteiger partial charge is 0.310 e. The minimum absolute atomic E-state index is 0.0363. The third-order valence-corrected chi connectivity index (χ3v) is 5.12. The number of carbonyl (C=O) groups is 2. The molecule has 150 valence electrons. The van der Waals surface area contributed by atoms with E-state index in [1.165, 1.54) is 0 Å². The van der Waals surface area contributed by atoms with Crippen LogP contribution in [0.4, 0.5) is 0 Å². The summed E-state index contributed by atoms with van der Waals surface area (Å²) in [5.41, 5.74) is 0. The van der Waals surface area contributed by atoms with Crippen LogP contribution in [0.2, 0.25) is 5.02 Å². The SMILES string of the molecule is CCOC(=O)C1CCCN(C(=O)C(C)N(C)CCOc2cccc(Cl)c2)C1. The van der Waals surface area contributed by atoms with Gasteiger partial charge in [-0.15, -0.1) is 0 Å². The first-order valence-corrected chi connectivity index (χ1v) is 9.84. The van der Waals surface area contributed by atoms with Gasteiger partial charge in [0.1, 0.15) is 12.4 Å². The number of esters is 1. The van der Waals surface area contributed by atoms with Crippen LogP contribution in [-0.2, 0) is 14.3 Å². The Hall–Kier alpha value is -1.79. The molecule has 0 radical (unpaired) electrons. The van der Waals surface area contributed by atoms with E-state index in [1.807, 2.05) is 31.0 Å². The van der Waals surface area contributed by atoms with E-state index >= 15 is 0 Å². The molecule has 1 saturated heterocycles. The fourth-order valence-electron chi connectivity index (χ4n) is 3.14. The normalized spacial score (nSPS) is 18.3. The molecule has 7 heteroatoms. The highest BCUT2D eigenvalue weighted by atomic mass is 35.5. The van der Waals surface area contributed by atoms with E-state index in [9.17, 15) is 9.59 Å². The third-order valence-electron chi connectivity index (χ3n) is 4.88. The summed E-state index contributed by atoms with van der Waals surface area (Å²) in [6.45, 7) is 6.24. The Morgan fingerprint density at radius 2 is 2.19 bits per heavy atom. The topological polar surface area (TPSA) is 59.1 Å². The van der Waals surface area contributed by atoms with Crippen LogP contribution in [0.5, 0.6) is 5.75 Å². The van der Waals surface area contributed by atoms with E-state index < -0.39 is 0 Å². The lowest BCUT2D eigenvalue weighted by atomic mass is 9.97. The van der Waals surface area contributed by atoms with Crippen LogP contribution in [0.1, 0.15) is 26.7 Å². The summed E-state index contributed by atoms with van der Waals surface area (Å²) in [5.74, 6) is 0.328. The molecule has 1 amide bonds. The summed E-state index contributed by atoms with van der Waals surface area (Å²) in [6, 6.07) is 6.96. The van der Waals surface area contributed by atoms with Crippen molar-refractivity contribution in [3.8, 4) is 5.75 Å². The molecule has 0 aromatic heterocycles. The van der Waals surface area contributed by atoms with E-state index in [-0.39, 0.29) is 23.8 Å². The van der Waals surface area contributed by atoms with Crippen LogP contribution in [0, 0.1) is 5.92 Å². The molecule has 6 nitrogen and oxygen atoms in total. The molecule has 1 aliphatic heterocycles. The lowest BCUT2D eigenvalue weighted by Gasteiger charge is -2.35. The second-order valence-electron chi connectivity index (χ2n) is 6.84. The summed E-state index contributed by atoms with van der Waals surface area (Å²) in [5, 5.41) is 0.630. The molecule has 0 N–H and O–H groups in total. The van der Waals surface area contributed by atoms with Gasteiger partial charge in [-0.3, -0.25) is 14.5 Å². The fourth-order valence-corrected chi connectivity index (χ4v) is 3.32. The van der Waals surface area contributed by atoms with Crippen molar-refractivity contribution in [3.05, 3.63) is 29.3 Å². The molecular formula is C20H29ClN2O4. The minimum atomic E-state index is -0.283. The second kappa shape index (κ2) is 10.5. The Bertz CT molecular complexity index is 640. The number of likely N-dealkylation sites (tertiary alicyclic amines) is 1. The molecule has 1 aliphatic rings. The molecule has 2 unspecified atom stereocenters. The largest absolute Gasteiger partial charge is 0.492 e. The molecule has 2 rings (SSSR count). The lowest BCUT2D eigenvalue weighted by molar-refractivity contribution is -0.152. The first-order chi connectivity index (χ1) is 12.9. The van der Waals surface area contributed by atoms with Crippen molar-refractivity contribution in [1.82, 2.24) is 9.80 Å². The van der Waals surface area contributed by atoms with Gasteiger partial charge in [-0.05, 0) is 51.9 Å². The molecular weight excluding hydrogens is 368 g/mol. The van der Waals surface area contributed by atoms with Gasteiger partial charge in [0.15, 0.2) is 0 Å². The van der Waals surface area contributed by atoms with Crippen LogP contribution in [0.3, 0.4) is 0 Å². The van der Waals surface area contributed by atoms with Gasteiger partial charge < -0.3 is 14.4 Å². The van der Waals surface area contributed by atoms with Gasteiger partial charge in [-0.25, -0.2) is 0 Å².